The number of phosphoric acid groups is 2. The van der Waals surface area contributed by atoms with Crippen LogP contribution in [0.1, 0.15) is 130 Å². The van der Waals surface area contributed by atoms with E-state index in [1.165, 1.54) is 0 Å². The summed E-state index contributed by atoms with van der Waals surface area (Å²) in [6.45, 7) is 27.5. The predicted molar refractivity (Wildman–Crippen MR) is 183 cm³/mol. The molecule has 0 amide bonds. The molecule has 0 saturated carbocycles. The van der Waals surface area contributed by atoms with E-state index in [0.29, 0.717) is 0 Å². The molecule has 2 atom stereocenters. The minimum Gasteiger partial charge on any atom is -0.507 e. The van der Waals surface area contributed by atoms with Crippen LogP contribution in [0, 0.1) is 0 Å². The van der Waals surface area contributed by atoms with Crippen LogP contribution in [0.25, 0.3) is 0 Å². The van der Waals surface area contributed by atoms with Gasteiger partial charge in [0.1, 0.15) is 11.5 Å². The second-order valence-corrected chi connectivity index (χ2v) is 18.3. The van der Waals surface area contributed by atoms with Gasteiger partial charge in [-0.05, 0) is 93.2 Å². The van der Waals surface area contributed by atoms with Gasteiger partial charge in [-0.2, -0.15) is 0 Å². The van der Waals surface area contributed by atoms with Crippen LogP contribution in [0.5, 0.6) is 11.5 Å². The van der Waals surface area contributed by atoms with Crippen LogP contribution in [-0.2, 0) is 78.6 Å². The summed E-state index contributed by atoms with van der Waals surface area (Å²) in [5.74, 6) is 0.538. The molecule has 10 nitrogen and oxygen atoms in total. The summed E-state index contributed by atoms with van der Waals surface area (Å²) in [5, 5.41) is 21.3. The van der Waals surface area contributed by atoms with E-state index in [9.17, 15) is 29.1 Å². The molecule has 2 unspecified atom stereocenters. The van der Waals surface area contributed by atoms with Gasteiger partial charge in [0.25, 0.3) is 0 Å². The van der Waals surface area contributed by atoms with E-state index in [1.807, 2.05) is 107 Å². The first kappa shape index (κ1) is 45.8. The Kier molecular flexibility index (Phi) is 16.7. The summed E-state index contributed by atoms with van der Waals surface area (Å²) in [6, 6.07) is 7.26. The quantitative estimate of drug-likeness (QED) is 0.137. The molecule has 4 N–H and O–H groups in total. The molecule has 0 aliphatic rings. The van der Waals surface area contributed by atoms with E-state index in [4.69, 9.17) is 18.1 Å². The zero-order valence-corrected chi connectivity index (χ0v) is 33.4. The number of benzene rings is 2. The fraction of sp³-hybridized carbons (Fsp3) is 0.647. The Morgan fingerprint density at radius 3 is 0.894 bits per heavy atom. The molecule has 0 aliphatic carbocycles. The molecule has 2 rings (SSSR count). The van der Waals surface area contributed by atoms with Crippen molar-refractivity contribution in [3.8, 4) is 11.5 Å². The summed E-state index contributed by atoms with van der Waals surface area (Å²) in [4.78, 5) is 19.1. The Morgan fingerprint density at radius 1 is 0.511 bits per heavy atom. The van der Waals surface area contributed by atoms with E-state index in [-0.39, 0.29) is 76.1 Å². The third kappa shape index (κ3) is 14.6. The summed E-state index contributed by atoms with van der Waals surface area (Å²) in [6.07, 6.45) is 0. The van der Waals surface area contributed by atoms with E-state index < -0.39 is 15.6 Å². The van der Waals surface area contributed by atoms with Gasteiger partial charge in [-0.25, -0.2) is 9.13 Å². The number of phosphoric ester groups is 2. The summed E-state index contributed by atoms with van der Waals surface area (Å²) in [5.41, 5.74) is 3.55. The molecule has 2 aromatic carbocycles. The number of hydrogen-bond acceptors (Lipinski definition) is 8. The second kappa shape index (κ2) is 17.1. The minimum absolute atomic E-state index is 0. The van der Waals surface area contributed by atoms with E-state index in [2.05, 4.69) is 0 Å². The summed E-state index contributed by atoms with van der Waals surface area (Å²) in [7, 11) is -8.09. The predicted octanol–water partition coefficient (Wildman–Crippen LogP) is 9.28. The van der Waals surface area contributed by atoms with E-state index in [0.717, 1.165) is 33.4 Å². The van der Waals surface area contributed by atoms with Gasteiger partial charge < -0.3 is 20.0 Å². The van der Waals surface area contributed by atoms with Crippen molar-refractivity contribution in [1.82, 2.24) is 0 Å². The number of phenols is 2. The van der Waals surface area contributed by atoms with Gasteiger partial charge in [0.2, 0.25) is 0 Å². The van der Waals surface area contributed by atoms with Gasteiger partial charge in [-0.15, -0.1) is 0 Å². The zero-order valence-electron chi connectivity index (χ0n) is 30.6. The third-order valence-electron chi connectivity index (χ3n) is 6.94. The van der Waals surface area contributed by atoms with Crippen LogP contribution in [0.2, 0.25) is 0 Å². The van der Waals surface area contributed by atoms with Crippen molar-refractivity contribution < 1.29 is 63.7 Å². The molecule has 0 radical (unpaired) electrons. The fourth-order valence-electron chi connectivity index (χ4n) is 4.56. The van der Waals surface area contributed by atoms with Crippen LogP contribution in [0.4, 0.5) is 0 Å². The topological polar surface area (TPSA) is 152 Å². The average molecular weight is 747 g/mol. The van der Waals surface area contributed by atoms with Crippen LogP contribution in [0.15, 0.2) is 24.3 Å². The van der Waals surface area contributed by atoms with Gasteiger partial charge in [-0.3, -0.25) is 18.1 Å². The molecule has 0 heterocycles. The maximum atomic E-state index is 11.7. The van der Waals surface area contributed by atoms with Crippen molar-refractivity contribution in [3.05, 3.63) is 57.6 Å². The van der Waals surface area contributed by atoms with Crippen molar-refractivity contribution in [3.63, 3.8) is 0 Å². The van der Waals surface area contributed by atoms with Crippen molar-refractivity contribution in [2.75, 3.05) is 13.2 Å². The summed E-state index contributed by atoms with van der Waals surface area (Å²) >= 11 is 0. The Balaban J connectivity index is 0.000000882. The fourth-order valence-corrected chi connectivity index (χ4v) is 5.98. The minimum atomic E-state index is -4.04. The molecular formula is C34H58NiO10P2. The molecule has 0 fully saturated rings. The third-order valence-corrected chi connectivity index (χ3v) is 9.02. The smallest absolute Gasteiger partial charge is 0.472 e. The molecule has 0 spiro atoms. The van der Waals surface area contributed by atoms with Crippen LogP contribution >= 0.6 is 15.6 Å². The zero-order chi connectivity index (χ0) is 36.1. The van der Waals surface area contributed by atoms with Crippen molar-refractivity contribution >= 4 is 15.6 Å². The monoisotopic (exact) mass is 746 g/mol. The van der Waals surface area contributed by atoms with Crippen LogP contribution in [0.3, 0.4) is 0 Å². The van der Waals surface area contributed by atoms with Crippen molar-refractivity contribution in [1.29, 1.82) is 0 Å². The first-order chi connectivity index (χ1) is 20.6. The van der Waals surface area contributed by atoms with Gasteiger partial charge in [0.15, 0.2) is 0 Å². The van der Waals surface area contributed by atoms with Gasteiger partial charge in [-0.1, -0.05) is 83.1 Å². The Bertz CT molecular complexity index is 1240. The molecule has 0 aromatic heterocycles. The standard InChI is InChI=1S/2C17H29O5P.Ni/c2*1-8-21-23(19,20)22-11-12-9-13(16(2,3)4)15(18)14(10-12)17(5,6)7;/h2*9-10,18H,8,11H2,1-7H3,(H,19,20);. The normalized spacial score (nSPS) is 15.1. The number of hydrogen-bond donors (Lipinski definition) is 4. The first-order valence-corrected chi connectivity index (χ1v) is 18.5. The Hall–Kier alpha value is -1.25. The average Bonchev–Trinajstić information content (AvgIpc) is 2.85. The number of rotatable bonds is 10. The first-order valence-electron chi connectivity index (χ1n) is 15.5. The molecule has 0 bridgehead atoms. The maximum Gasteiger partial charge on any atom is 0.472 e. The van der Waals surface area contributed by atoms with Crippen LogP contribution in [-0.4, -0.2) is 33.2 Å². The van der Waals surface area contributed by atoms with Gasteiger partial charge >= 0.3 is 15.6 Å². The Labute approximate surface area is 292 Å². The molecule has 13 heteroatoms. The van der Waals surface area contributed by atoms with Gasteiger partial charge in [0.05, 0.1) is 26.4 Å². The number of aromatic hydroxyl groups is 2. The van der Waals surface area contributed by atoms with Crippen LogP contribution < -0.4 is 0 Å². The van der Waals surface area contributed by atoms with Crippen molar-refractivity contribution in [2.45, 2.75) is 132 Å². The van der Waals surface area contributed by atoms with E-state index >= 15 is 0 Å². The van der Waals surface area contributed by atoms with Gasteiger partial charge in [0, 0.05) is 16.5 Å². The largest absolute Gasteiger partial charge is 0.507 e. The molecule has 2 aromatic rings. The molecule has 0 aliphatic heterocycles. The Morgan fingerprint density at radius 2 is 0.723 bits per heavy atom. The number of phenolic OH excluding ortho intramolecular Hbond substituents is 2. The maximum absolute atomic E-state index is 11.7. The summed E-state index contributed by atoms with van der Waals surface area (Å²) < 4.78 is 42.9. The molecular weight excluding hydrogens is 689 g/mol. The second-order valence-electron chi connectivity index (χ2n) is 15.4. The molecule has 47 heavy (non-hydrogen) atoms. The van der Waals surface area contributed by atoms with E-state index in [1.54, 1.807) is 13.8 Å². The molecule has 0 saturated heterocycles. The SMILES string of the molecule is CCOP(=O)(O)OCc1cc(C(C)(C)C)c(O)c(C(C)(C)C)c1.CCOP(=O)(O)OCc1cc(C(C)(C)C)c(O)c(C(C)(C)C)c1.[Ni]. The molecule has 274 valence electrons. The van der Waals surface area contributed by atoms with Crippen molar-refractivity contribution in [2.24, 2.45) is 0 Å².